The van der Waals surface area contributed by atoms with Crippen LogP contribution in [0.15, 0.2) is 52.3 Å². The Morgan fingerprint density at radius 3 is 2.22 bits per heavy atom. The maximum Gasteiger partial charge on any atom is 0.210 e. The van der Waals surface area contributed by atoms with Crippen molar-refractivity contribution >= 4 is 21.4 Å². The van der Waals surface area contributed by atoms with Crippen LogP contribution < -0.4 is 0 Å². The highest BCUT2D eigenvalue weighted by Gasteiger charge is 2.21. The van der Waals surface area contributed by atoms with Gasteiger partial charge >= 0.3 is 0 Å². The van der Waals surface area contributed by atoms with E-state index in [1.165, 1.54) is 30.3 Å². The SMILES string of the molecule is Cc1ccc(S(=O)(=O)c2ccc(Cl)cc2O)cc1. The second kappa shape index (κ2) is 4.63. The molecule has 94 valence electrons. The molecular formula is C13H11ClO3S. The second-order valence-corrected chi connectivity index (χ2v) is 6.28. The molecule has 0 radical (unpaired) electrons. The average Bonchev–Trinajstić information content (AvgIpc) is 2.29. The molecule has 0 fully saturated rings. The van der Waals surface area contributed by atoms with Gasteiger partial charge in [-0.3, -0.25) is 0 Å². The van der Waals surface area contributed by atoms with Gasteiger partial charge in [0.1, 0.15) is 10.6 Å². The summed E-state index contributed by atoms with van der Waals surface area (Å²) in [5, 5.41) is 9.97. The molecule has 0 unspecified atom stereocenters. The van der Waals surface area contributed by atoms with E-state index in [9.17, 15) is 13.5 Å². The van der Waals surface area contributed by atoms with E-state index < -0.39 is 9.84 Å². The van der Waals surface area contributed by atoms with E-state index in [1.807, 2.05) is 6.92 Å². The summed E-state index contributed by atoms with van der Waals surface area (Å²) in [7, 11) is -3.71. The Morgan fingerprint density at radius 1 is 1.06 bits per heavy atom. The molecule has 5 heteroatoms. The number of aromatic hydroxyl groups is 1. The van der Waals surface area contributed by atoms with E-state index in [0.717, 1.165) is 5.56 Å². The molecular weight excluding hydrogens is 272 g/mol. The Morgan fingerprint density at radius 2 is 1.67 bits per heavy atom. The summed E-state index contributed by atoms with van der Waals surface area (Å²) < 4.78 is 24.5. The van der Waals surface area contributed by atoms with E-state index in [-0.39, 0.29) is 20.6 Å². The van der Waals surface area contributed by atoms with E-state index in [0.29, 0.717) is 0 Å². The van der Waals surface area contributed by atoms with Crippen LogP contribution in [-0.2, 0) is 9.84 Å². The third-order valence-electron chi connectivity index (χ3n) is 2.54. The number of benzene rings is 2. The van der Waals surface area contributed by atoms with Crippen LogP contribution in [0.3, 0.4) is 0 Å². The minimum Gasteiger partial charge on any atom is -0.507 e. The summed E-state index contributed by atoms with van der Waals surface area (Å²) in [5.74, 6) is -0.344. The Kier molecular flexibility index (Phi) is 3.32. The molecule has 0 aliphatic carbocycles. The highest BCUT2D eigenvalue weighted by atomic mass is 35.5. The zero-order valence-electron chi connectivity index (χ0n) is 9.59. The minimum absolute atomic E-state index is 0.143. The molecule has 0 spiro atoms. The topological polar surface area (TPSA) is 54.4 Å². The van der Waals surface area contributed by atoms with Crippen molar-refractivity contribution in [1.29, 1.82) is 0 Å². The van der Waals surface area contributed by atoms with Crippen LogP contribution >= 0.6 is 11.6 Å². The lowest BCUT2D eigenvalue weighted by Gasteiger charge is -2.07. The van der Waals surface area contributed by atoms with Gasteiger partial charge in [0.2, 0.25) is 9.84 Å². The summed E-state index contributed by atoms with van der Waals surface area (Å²) in [6, 6.07) is 10.4. The molecule has 0 saturated carbocycles. The molecule has 18 heavy (non-hydrogen) atoms. The van der Waals surface area contributed by atoms with Crippen molar-refractivity contribution in [3.63, 3.8) is 0 Å². The van der Waals surface area contributed by atoms with Crippen molar-refractivity contribution in [2.45, 2.75) is 16.7 Å². The van der Waals surface area contributed by atoms with Gasteiger partial charge in [0, 0.05) is 5.02 Å². The summed E-state index contributed by atoms with van der Waals surface area (Å²) in [6.07, 6.45) is 0. The quantitative estimate of drug-likeness (QED) is 0.920. The minimum atomic E-state index is -3.71. The first kappa shape index (κ1) is 12.9. The lowest BCUT2D eigenvalue weighted by molar-refractivity contribution is 0.459. The number of hydrogen-bond acceptors (Lipinski definition) is 3. The molecule has 0 saturated heterocycles. The summed E-state index contributed by atoms with van der Waals surface area (Å²) in [6.45, 7) is 1.87. The van der Waals surface area contributed by atoms with Crippen LogP contribution in [0.4, 0.5) is 0 Å². The zero-order chi connectivity index (χ0) is 13.3. The third kappa shape index (κ3) is 2.35. The lowest BCUT2D eigenvalue weighted by Crippen LogP contribution is -2.02. The molecule has 0 aliphatic heterocycles. The van der Waals surface area contributed by atoms with Gasteiger partial charge in [0.05, 0.1) is 4.90 Å². The van der Waals surface area contributed by atoms with Crippen molar-refractivity contribution in [2.24, 2.45) is 0 Å². The molecule has 0 atom stereocenters. The first-order chi connectivity index (χ1) is 8.41. The molecule has 2 rings (SSSR count). The molecule has 0 amide bonds. The van der Waals surface area contributed by atoms with Crippen LogP contribution in [0.1, 0.15) is 5.56 Å². The van der Waals surface area contributed by atoms with Crippen molar-refractivity contribution < 1.29 is 13.5 Å². The van der Waals surface area contributed by atoms with Gasteiger partial charge in [0.15, 0.2) is 0 Å². The Balaban J connectivity index is 2.58. The van der Waals surface area contributed by atoms with Gasteiger partial charge in [-0.25, -0.2) is 8.42 Å². The highest BCUT2D eigenvalue weighted by molar-refractivity contribution is 7.91. The largest absolute Gasteiger partial charge is 0.507 e. The molecule has 3 nitrogen and oxygen atoms in total. The lowest BCUT2D eigenvalue weighted by atomic mass is 10.2. The average molecular weight is 283 g/mol. The summed E-state index contributed by atoms with van der Waals surface area (Å²) in [4.78, 5) is 0.00137. The Bertz CT molecular complexity index is 676. The molecule has 0 aromatic heterocycles. The van der Waals surface area contributed by atoms with Crippen molar-refractivity contribution in [3.8, 4) is 5.75 Å². The summed E-state index contributed by atoms with van der Waals surface area (Å²) in [5.41, 5.74) is 0.967. The van der Waals surface area contributed by atoms with Gasteiger partial charge in [-0.2, -0.15) is 0 Å². The standard InChI is InChI=1S/C13H11ClO3S/c1-9-2-5-11(6-3-9)18(16,17)13-7-4-10(14)8-12(13)15/h2-8,15H,1H3. The van der Waals surface area contributed by atoms with Crippen molar-refractivity contribution in [1.82, 2.24) is 0 Å². The molecule has 0 bridgehead atoms. The molecule has 1 N–H and O–H groups in total. The number of halogens is 1. The van der Waals surface area contributed by atoms with Crippen LogP contribution in [0, 0.1) is 6.92 Å². The highest BCUT2D eigenvalue weighted by Crippen LogP contribution is 2.30. The smallest absolute Gasteiger partial charge is 0.210 e. The van der Waals surface area contributed by atoms with Crippen LogP contribution in [0.2, 0.25) is 5.02 Å². The number of phenolic OH excluding ortho intramolecular Hbond substituents is 1. The number of phenols is 1. The summed E-state index contributed by atoms with van der Waals surface area (Å²) >= 11 is 5.68. The maximum atomic E-state index is 12.3. The molecule has 2 aromatic rings. The van der Waals surface area contributed by atoms with Crippen LogP contribution in [-0.4, -0.2) is 13.5 Å². The monoisotopic (exact) mass is 282 g/mol. The van der Waals surface area contributed by atoms with Crippen molar-refractivity contribution in [3.05, 3.63) is 53.1 Å². The van der Waals surface area contributed by atoms with Gasteiger partial charge in [-0.05, 0) is 37.3 Å². The fourth-order valence-corrected chi connectivity index (χ4v) is 3.06. The number of hydrogen-bond donors (Lipinski definition) is 1. The predicted octanol–water partition coefficient (Wildman–Crippen LogP) is 3.19. The van der Waals surface area contributed by atoms with Crippen LogP contribution in [0.25, 0.3) is 0 Å². The van der Waals surface area contributed by atoms with Crippen molar-refractivity contribution in [2.75, 3.05) is 0 Å². The Hall–Kier alpha value is -1.52. The number of sulfone groups is 1. The molecule has 0 heterocycles. The van der Waals surface area contributed by atoms with E-state index in [2.05, 4.69) is 0 Å². The van der Waals surface area contributed by atoms with E-state index >= 15 is 0 Å². The number of aryl methyl sites for hydroxylation is 1. The van der Waals surface area contributed by atoms with Crippen LogP contribution in [0.5, 0.6) is 5.75 Å². The van der Waals surface area contributed by atoms with Gasteiger partial charge in [-0.15, -0.1) is 0 Å². The first-order valence-electron chi connectivity index (χ1n) is 5.21. The van der Waals surface area contributed by atoms with Gasteiger partial charge in [0.25, 0.3) is 0 Å². The van der Waals surface area contributed by atoms with E-state index in [1.54, 1.807) is 12.1 Å². The fourth-order valence-electron chi connectivity index (χ4n) is 1.56. The maximum absolute atomic E-state index is 12.3. The molecule has 0 aliphatic rings. The Labute approximate surface area is 111 Å². The zero-order valence-corrected chi connectivity index (χ0v) is 11.2. The van der Waals surface area contributed by atoms with Gasteiger partial charge in [-0.1, -0.05) is 29.3 Å². The second-order valence-electron chi connectivity index (χ2n) is 3.93. The number of rotatable bonds is 2. The van der Waals surface area contributed by atoms with Gasteiger partial charge < -0.3 is 5.11 Å². The van der Waals surface area contributed by atoms with E-state index in [4.69, 9.17) is 11.6 Å². The normalized spacial score (nSPS) is 11.4. The third-order valence-corrected chi connectivity index (χ3v) is 4.59. The predicted molar refractivity (Wildman–Crippen MR) is 69.7 cm³/mol. The fraction of sp³-hybridized carbons (Fsp3) is 0.0769. The first-order valence-corrected chi connectivity index (χ1v) is 7.07. The molecule has 2 aromatic carbocycles.